The smallest absolute Gasteiger partial charge is 0.236 e. The van der Waals surface area contributed by atoms with Gasteiger partial charge in [-0.15, -0.1) is 0 Å². The number of primary sulfonamides is 1. The molecule has 0 unspecified atom stereocenters. The van der Waals surface area contributed by atoms with Crippen LogP contribution < -0.4 is 16.2 Å². The standard InChI is InChI=1S/C7H17N3O3S/c1-2-6(8)7(11)10-4-3-5-14(9,12)13/h6H,2-5,8H2,1H3,(H,10,11)(H2,9,12,13)/t6-/m1/s1. The van der Waals surface area contributed by atoms with E-state index in [4.69, 9.17) is 10.9 Å². The van der Waals surface area contributed by atoms with Crippen LogP contribution in [0.5, 0.6) is 0 Å². The third kappa shape index (κ3) is 6.81. The number of rotatable bonds is 6. The molecule has 0 radical (unpaired) electrons. The predicted molar refractivity (Wildman–Crippen MR) is 53.9 cm³/mol. The molecule has 1 amide bonds. The molecule has 5 N–H and O–H groups in total. The molecule has 0 aliphatic heterocycles. The molecular formula is C7H17N3O3S. The lowest BCUT2D eigenvalue weighted by Gasteiger charge is -2.09. The minimum atomic E-state index is -3.43. The number of amides is 1. The van der Waals surface area contributed by atoms with Gasteiger partial charge in [0.05, 0.1) is 11.8 Å². The number of nitrogens with one attached hydrogen (secondary N) is 1. The average Bonchev–Trinajstić information content (AvgIpc) is 2.09. The topological polar surface area (TPSA) is 115 Å². The summed E-state index contributed by atoms with van der Waals surface area (Å²) in [6.07, 6.45) is 0.863. The maximum Gasteiger partial charge on any atom is 0.236 e. The van der Waals surface area contributed by atoms with Crippen LogP contribution in [0.4, 0.5) is 0 Å². The number of sulfonamides is 1. The summed E-state index contributed by atoms with van der Waals surface area (Å²) in [6, 6.07) is -0.524. The molecule has 7 heteroatoms. The lowest BCUT2D eigenvalue weighted by atomic mass is 10.2. The molecule has 6 nitrogen and oxygen atoms in total. The molecule has 0 bridgehead atoms. The first kappa shape index (κ1) is 13.3. The summed E-state index contributed by atoms with van der Waals surface area (Å²) >= 11 is 0. The zero-order chi connectivity index (χ0) is 11.2. The van der Waals surface area contributed by atoms with Crippen molar-refractivity contribution in [2.75, 3.05) is 12.3 Å². The molecule has 0 fully saturated rings. The van der Waals surface area contributed by atoms with Crippen molar-refractivity contribution < 1.29 is 13.2 Å². The van der Waals surface area contributed by atoms with E-state index in [-0.39, 0.29) is 18.2 Å². The summed E-state index contributed by atoms with van der Waals surface area (Å²) in [5.74, 6) is -0.392. The Morgan fingerprint density at radius 3 is 2.50 bits per heavy atom. The van der Waals surface area contributed by atoms with Gasteiger partial charge in [0.15, 0.2) is 0 Å². The minimum absolute atomic E-state index is 0.130. The van der Waals surface area contributed by atoms with Gasteiger partial charge < -0.3 is 11.1 Å². The Balaban J connectivity index is 3.61. The first-order valence-electron chi connectivity index (χ1n) is 4.40. The molecule has 0 aromatic rings. The van der Waals surface area contributed by atoms with E-state index in [0.717, 1.165) is 0 Å². The van der Waals surface area contributed by atoms with E-state index in [1.807, 2.05) is 0 Å². The van der Waals surface area contributed by atoms with E-state index < -0.39 is 16.1 Å². The first-order valence-corrected chi connectivity index (χ1v) is 6.12. The van der Waals surface area contributed by atoms with Crippen LogP contribution >= 0.6 is 0 Å². The van der Waals surface area contributed by atoms with Crippen molar-refractivity contribution >= 4 is 15.9 Å². The Bertz CT molecular complexity index is 276. The van der Waals surface area contributed by atoms with Crippen LogP contribution in [0.1, 0.15) is 19.8 Å². The fourth-order valence-electron chi connectivity index (χ4n) is 0.801. The zero-order valence-electron chi connectivity index (χ0n) is 8.19. The highest BCUT2D eigenvalue weighted by atomic mass is 32.2. The molecule has 14 heavy (non-hydrogen) atoms. The fourth-order valence-corrected chi connectivity index (χ4v) is 1.35. The van der Waals surface area contributed by atoms with E-state index in [1.54, 1.807) is 6.92 Å². The van der Waals surface area contributed by atoms with Gasteiger partial charge in [0.25, 0.3) is 0 Å². The highest BCUT2D eigenvalue weighted by Gasteiger charge is 2.10. The van der Waals surface area contributed by atoms with Gasteiger partial charge >= 0.3 is 0 Å². The minimum Gasteiger partial charge on any atom is -0.355 e. The highest BCUT2D eigenvalue weighted by molar-refractivity contribution is 7.89. The molecular weight excluding hydrogens is 206 g/mol. The Hall–Kier alpha value is -0.660. The van der Waals surface area contributed by atoms with Crippen LogP contribution in [-0.4, -0.2) is 32.7 Å². The van der Waals surface area contributed by atoms with Crippen molar-refractivity contribution in [1.82, 2.24) is 5.32 Å². The second-order valence-corrected chi connectivity index (χ2v) is 4.76. The molecule has 84 valence electrons. The highest BCUT2D eigenvalue weighted by Crippen LogP contribution is 1.87. The predicted octanol–water partition coefficient (Wildman–Crippen LogP) is -1.48. The van der Waals surface area contributed by atoms with E-state index in [1.165, 1.54) is 0 Å². The van der Waals surface area contributed by atoms with Crippen molar-refractivity contribution in [2.24, 2.45) is 10.9 Å². The lowest BCUT2D eigenvalue weighted by molar-refractivity contribution is -0.122. The monoisotopic (exact) mass is 223 g/mol. The Morgan fingerprint density at radius 2 is 2.07 bits per heavy atom. The zero-order valence-corrected chi connectivity index (χ0v) is 9.01. The van der Waals surface area contributed by atoms with Gasteiger partial charge in [-0.25, -0.2) is 13.6 Å². The number of nitrogens with two attached hydrogens (primary N) is 2. The van der Waals surface area contributed by atoms with Crippen molar-refractivity contribution in [3.63, 3.8) is 0 Å². The Kier molecular flexibility index (Phi) is 5.66. The van der Waals surface area contributed by atoms with Gasteiger partial charge in [-0.3, -0.25) is 4.79 Å². The second kappa shape index (κ2) is 5.94. The maximum absolute atomic E-state index is 11.1. The number of hydrogen-bond donors (Lipinski definition) is 3. The molecule has 0 aliphatic rings. The van der Waals surface area contributed by atoms with Gasteiger partial charge in [0.1, 0.15) is 0 Å². The van der Waals surface area contributed by atoms with Gasteiger partial charge in [-0.2, -0.15) is 0 Å². The molecule has 0 heterocycles. The van der Waals surface area contributed by atoms with Crippen LogP contribution in [-0.2, 0) is 14.8 Å². The lowest BCUT2D eigenvalue weighted by Crippen LogP contribution is -2.40. The van der Waals surface area contributed by atoms with Crippen molar-refractivity contribution in [3.8, 4) is 0 Å². The SMILES string of the molecule is CC[C@@H](N)C(=O)NCCCS(N)(=O)=O. The Labute approximate surface area is 84.1 Å². The number of hydrogen-bond acceptors (Lipinski definition) is 4. The summed E-state index contributed by atoms with van der Waals surface area (Å²) in [6.45, 7) is 2.08. The van der Waals surface area contributed by atoms with Gasteiger partial charge in [-0.05, 0) is 12.8 Å². The maximum atomic E-state index is 11.1. The van der Waals surface area contributed by atoms with Crippen LogP contribution in [0, 0.1) is 0 Å². The fraction of sp³-hybridized carbons (Fsp3) is 0.857. The molecule has 0 saturated carbocycles. The third-order valence-corrected chi connectivity index (χ3v) is 2.54. The van der Waals surface area contributed by atoms with Crippen molar-refractivity contribution in [1.29, 1.82) is 0 Å². The number of carbonyl (C=O) groups is 1. The first-order chi connectivity index (χ1) is 6.37. The van der Waals surface area contributed by atoms with Crippen LogP contribution in [0.25, 0.3) is 0 Å². The van der Waals surface area contributed by atoms with Gasteiger partial charge in [0.2, 0.25) is 15.9 Å². The summed E-state index contributed by atoms with van der Waals surface area (Å²) in [7, 11) is -3.43. The van der Waals surface area contributed by atoms with Crippen LogP contribution in [0.2, 0.25) is 0 Å². The molecule has 0 aliphatic carbocycles. The van der Waals surface area contributed by atoms with E-state index in [9.17, 15) is 13.2 Å². The quantitative estimate of drug-likeness (QED) is 0.476. The van der Waals surface area contributed by atoms with E-state index >= 15 is 0 Å². The number of carbonyl (C=O) groups excluding carboxylic acids is 1. The molecule has 0 rings (SSSR count). The summed E-state index contributed by atoms with van der Waals surface area (Å²) < 4.78 is 21.0. The van der Waals surface area contributed by atoms with Crippen LogP contribution in [0.3, 0.4) is 0 Å². The van der Waals surface area contributed by atoms with Crippen molar-refractivity contribution in [3.05, 3.63) is 0 Å². The molecule has 0 spiro atoms. The molecule has 0 aromatic carbocycles. The summed E-state index contributed by atoms with van der Waals surface area (Å²) in [5.41, 5.74) is 5.43. The molecule has 0 aromatic heterocycles. The molecule has 1 atom stereocenters. The van der Waals surface area contributed by atoms with E-state index in [2.05, 4.69) is 5.32 Å². The Morgan fingerprint density at radius 1 is 1.50 bits per heavy atom. The summed E-state index contributed by atoms with van der Waals surface area (Å²) in [4.78, 5) is 11.1. The van der Waals surface area contributed by atoms with Crippen LogP contribution in [0.15, 0.2) is 0 Å². The summed E-state index contributed by atoms with van der Waals surface area (Å²) in [5, 5.41) is 7.30. The third-order valence-electron chi connectivity index (χ3n) is 1.68. The van der Waals surface area contributed by atoms with Gasteiger partial charge in [-0.1, -0.05) is 6.92 Å². The second-order valence-electron chi connectivity index (χ2n) is 3.03. The van der Waals surface area contributed by atoms with Crippen molar-refractivity contribution in [2.45, 2.75) is 25.8 Å². The largest absolute Gasteiger partial charge is 0.355 e. The van der Waals surface area contributed by atoms with Gasteiger partial charge in [0, 0.05) is 6.54 Å². The average molecular weight is 223 g/mol. The normalized spacial score (nSPS) is 13.6. The molecule has 0 saturated heterocycles. The van der Waals surface area contributed by atoms with E-state index in [0.29, 0.717) is 12.8 Å².